The molecule has 6 aromatic rings. The topological polar surface area (TPSA) is 12.0 Å². The second-order valence-corrected chi connectivity index (χ2v) is 10.3. The molecule has 0 aliphatic heterocycles. The molecule has 0 fully saturated rings. The Balaban J connectivity index is 1.52. The minimum absolute atomic E-state index is 0.408. The highest BCUT2D eigenvalue weighted by molar-refractivity contribution is 6.33. The van der Waals surface area contributed by atoms with Crippen molar-refractivity contribution in [2.45, 2.75) is 5.41 Å². The van der Waals surface area contributed by atoms with E-state index in [1.54, 1.807) is 0 Å². The highest BCUT2D eigenvalue weighted by Gasteiger charge is 2.49. The van der Waals surface area contributed by atoms with Gasteiger partial charge in [0.15, 0.2) is 0 Å². The zero-order valence-corrected chi connectivity index (χ0v) is 20.8. The Morgan fingerprint density at radius 2 is 1.08 bits per heavy atom. The van der Waals surface area contributed by atoms with Crippen molar-refractivity contribution < 1.29 is 0 Å². The molecule has 0 bridgehead atoms. The second kappa shape index (κ2) is 7.59. The standard InChI is InChI=1S/C35H22ClN/c36-32-17-5-6-18-33(32)37-23-19-20-26-27-13-7-9-22-10-8-16-30(34(22)27)35(31(26)21-23)28-14-3-1-11-24(28)25-12-2-4-15-29(25)35/h1-21,37H. The number of hydrogen-bond donors (Lipinski definition) is 1. The van der Waals surface area contributed by atoms with E-state index >= 15 is 0 Å². The van der Waals surface area contributed by atoms with E-state index in [2.05, 4.69) is 108 Å². The quantitative estimate of drug-likeness (QED) is 0.254. The minimum Gasteiger partial charge on any atom is -0.354 e. The number of fused-ring (bicyclic) bond motifs is 9. The summed E-state index contributed by atoms with van der Waals surface area (Å²) in [6.45, 7) is 0. The summed E-state index contributed by atoms with van der Waals surface area (Å²) in [5.41, 5.74) is 12.0. The van der Waals surface area contributed by atoms with Crippen molar-refractivity contribution in [2.24, 2.45) is 0 Å². The lowest BCUT2D eigenvalue weighted by Crippen LogP contribution is -2.31. The predicted molar refractivity (Wildman–Crippen MR) is 155 cm³/mol. The fourth-order valence-corrected chi connectivity index (χ4v) is 6.91. The maximum absolute atomic E-state index is 6.53. The number of para-hydroxylation sites is 1. The number of rotatable bonds is 2. The van der Waals surface area contributed by atoms with Crippen LogP contribution in [0.4, 0.5) is 11.4 Å². The molecule has 0 heterocycles. The van der Waals surface area contributed by atoms with Crippen LogP contribution in [0.25, 0.3) is 33.0 Å². The van der Waals surface area contributed by atoms with Gasteiger partial charge in [0.2, 0.25) is 0 Å². The molecule has 0 aromatic heterocycles. The molecule has 1 nitrogen and oxygen atoms in total. The summed E-state index contributed by atoms with van der Waals surface area (Å²) in [6, 6.07) is 46.0. The Hall–Kier alpha value is -4.33. The van der Waals surface area contributed by atoms with Gasteiger partial charge >= 0.3 is 0 Å². The van der Waals surface area contributed by atoms with Gasteiger partial charge in [-0.25, -0.2) is 0 Å². The lowest BCUT2D eigenvalue weighted by atomic mass is 9.61. The largest absolute Gasteiger partial charge is 0.354 e. The molecule has 2 aliphatic rings. The van der Waals surface area contributed by atoms with E-state index < -0.39 is 5.41 Å². The molecular weight excluding hydrogens is 470 g/mol. The maximum Gasteiger partial charge on any atom is 0.0726 e. The Bertz CT molecular complexity index is 1830. The first-order chi connectivity index (χ1) is 18.3. The van der Waals surface area contributed by atoms with Gasteiger partial charge in [-0.05, 0) is 79.5 Å². The molecule has 0 saturated carbocycles. The highest BCUT2D eigenvalue weighted by Crippen LogP contribution is 2.61. The van der Waals surface area contributed by atoms with Crippen molar-refractivity contribution >= 4 is 33.7 Å². The van der Waals surface area contributed by atoms with Gasteiger partial charge in [0.05, 0.1) is 16.1 Å². The Morgan fingerprint density at radius 1 is 0.486 bits per heavy atom. The number of nitrogens with one attached hydrogen (secondary N) is 1. The monoisotopic (exact) mass is 491 g/mol. The number of benzene rings is 6. The van der Waals surface area contributed by atoms with Crippen molar-refractivity contribution in [1.82, 2.24) is 0 Å². The van der Waals surface area contributed by atoms with E-state index in [1.165, 1.54) is 55.3 Å². The van der Waals surface area contributed by atoms with Crippen LogP contribution >= 0.6 is 11.6 Å². The molecule has 2 aliphatic carbocycles. The smallest absolute Gasteiger partial charge is 0.0726 e. The summed E-state index contributed by atoms with van der Waals surface area (Å²) in [4.78, 5) is 0. The van der Waals surface area contributed by atoms with Gasteiger partial charge in [0.25, 0.3) is 0 Å². The van der Waals surface area contributed by atoms with E-state index in [4.69, 9.17) is 11.6 Å². The Morgan fingerprint density at radius 3 is 1.84 bits per heavy atom. The molecule has 0 saturated heterocycles. The molecule has 0 radical (unpaired) electrons. The van der Waals surface area contributed by atoms with Crippen LogP contribution in [-0.2, 0) is 5.41 Å². The van der Waals surface area contributed by atoms with Gasteiger partial charge in [-0.3, -0.25) is 0 Å². The van der Waals surface area contributed by atoms with Crippen LogP contribution in [0.5, 0.6) is 0 Å². The van der Waals surface area contributed by atoms with Crippen LogP contribution in [0.15, 0.2) is 127 Å². The average Bonchev–Trinajstić information content (AvgIpc) is 3.24. The third-order valence-electron chi connectivity index (χ3n) is 8.13. The second-order valence-electron chi connectivity index (χ2n) is 9.92. The molecule has 6 aromatic carbocycles. The zero-order valence-electron chi connectivity index (χ0n) is 20.0. The Kier molecular flexibility index (Phi) is 4.27. The summed E-state index contributed by atoms with van der Waals surface area (Å²) in [7, 11) is 0. The van der Waals surface area contributed by atoms with Crippen LogP contribution in [0.2, 0.25) is 5.02 Å². The van der Waals surface area contributed by atoms with E-state index in [0.717, 1.165) is 11.4 Å². The first-order valence-electron chi connectivity index (χ1n) is 12.6. The van der Waals surface area contributed by atoms with E-state index in [1.807, 2.05) is 24.3 Å². The molecule has 1 N–H and O–H groups in total. The molecule has 0 unspecified atom stereocenters. The Labute approximate surface area is 221 Å². The predicted octanol–water partition coefficient (Wildman–Crippen LogP) is 9.58. The summed E-state index contributed by atoms with van der Waals surface area (Å²) < 4.78 is 0. The normalized spacial score (nSPS) is 13.8. The summed E-state index contributed by atoms with van der Waals surface area (Å²) >= 11 is 6.53. The molecular formula is C35H22ClN. The van der Waals surface area contributed by atoms with Crippen LogP contribution in [0.1, 0.15) is 22.3 Å². The van der Waals surface area contributed by atoms with Crippen LogP contribution in [0.3, 0.4) is 0 Å². The van der Waals surface area contributed by atoms with Gasteiger partial charge in [-0.1, -0.05) is 115 Å². The van der Waals surface area contributed by atoms with Gasteiger partial charge in [-0.15, -0.1) is 0 Å². The molecule has 2 heteroatoms. The summed E-state index contributed by atoms with van der Waals surface area (Å²) in [5.74, 6) is 0. The average molecular weight is 492 g/mol. The maximum atomic E-state index is 6.53. The molecule has 0 amide bonds. The highest BCUT2D eigenvalue weighted by atomic mass is 35.5. The van der Waals surface area contributed by atoms with Gasteiger partial charge in [0.1, 0.15) is 0 Å². The minimum atomic E-state index is -0.408. The molecule has 174 valence electrons. The van der Waals surface area contributed by atoms with Gasteiger partial charge < -0.3 is 5.32 Å². The van der Waals surface area contributed by atoms with Crippen LogP contribution < -0.4 is 5.32 Å². The molecule has 37 heavy (non-hydrogen) atoms. The summed E-state index contributed by atoms with van der Waals surface area (Å²) in [5, 5.41) is 6.92. The first kappa shape index (κ1) is 20.8. The number of anilines is 2. The fraction of sp³-hybridized carbons (Fsp3) is 0.0286. The van der Waals surface area contributed by atoms with Crippen molar-refractivity contribution in [1.29, 1.82) is 0 Å². The van der Waals surface area contributed by atoms with E-state index in [-0.39, 0.29) is 0 Å². The van der Waals surface area contributed by atoms with Crippen molar-refractivity contribution in [3.8, 4) is 22.3 Å². The van der Waals surface area contributed by atoms with Gasteiger partial charge in [0, 0.05) is 5.69 Å². The fourth-order valence-electron chi connectivity index (χ4n) is 6.72. The zero-order chi connectivity index (χ0) is 24.6. The van der Waals surface area contributed by atoms with Crippen molar-refractivity contribution in [2.75, 3.05) is 5.32 Å². The summed E-state index contributed by atoms with van der Waals surface area (Å²) in [6.07, 6.45) is 0. The number of halogens is 1. The van der Waals surface area contributed by atoms with Crippen LogP contribution in [0, 0.1) is 0 Å². The van der Waals surface area contributed by atoms with Gasteiger partial charge in [-0.2, -0.15) is 0 Å². The van der Waals surface area contributed by atoms with Crippen molar-refractivity contribution in [3.63, 3.8) is 0 Å². The van der Waals surface area contributed by atoms with Crippen LogP contribution in [-0.4, -0.2) is 0 Å². The SMILES string of the molecule is Clc1ccccc1Nc1ccc2c(c1)C1(c3ccccc3-c3ccccc31)c1cccc3cccc-2c13. The molecule has 1 spiro atoms. The van der Waals surface area contributed by atoms with E-state index in [9.17, 15) is 0 Å². The van der Waals surface area contributed by atoms with Crippen molar-refractivity contribution in [3.05, 3.63) is 155 Å². The first-order valence-corrected chi connectivity index (χ1v) is 13.0. The third-order valence-corrected chi connectivity index (χ3v) is 8.46. The van der Waals surface area contributed by atoms with E-state index in [0.29, 0.717) is 5.02 Å². The molecule has 8 rings (SSSR count). The number of hydrogen-bond acceptors (Lipinski definition) is 1. The lowest BCUT2D eigenvalue weighted by Gasteiger charge is -2.40. The molecule has 0 atom stereocenters. The lowest BCUT2D eigenvalue weighted by molar-refractivity contribution is 0.774. The third kappa shape index (κ3) is 2.70.